The zero-order valence-electron chi connectivity index (χ0n) is 17.0. The third kappa shape index (κ3) is 3.61. The van der Waals surface area contributed by atoms with Gasteiger partial charge in [-0.15, -0.1) is 0 Å². The lowest BCUT2D eigenvalue weighted by molar-refractivity contribution is -0.163. The summed E-state index contributed by atoms with van der Waals surface area (Å²) in [6.45, 7) is 5.87. The Labute approximate surface area is 162 Å². The van der Waals surface area contributed by atoms with Crippen LogP contribution >= 0.6 is 0 Å². The Morgan fingerprint density at radius 3 is 2.44 bits per heavy atom. The van der Waals surface area contributed by atoms with Crippen LogP contribution < -0.4 is 4.74 Å². The van der Waals surface area contributed by atoms with Crippen molar-refractivity contribution >= 4 is 5.91 Å². The van der Waals surface area contributed by atoms with E-state index in [1.165, 1.54) is 36.8 Å². The molecule has 1 amide bonds. The third-order valence-electron chi connectivity index (χ3n) is 7.24. The first kappa shape index (κ1) is 18.8. The fraction of sp³-hybridized carbons (Fsp3) is 0.696. The van der Waals surface area contributed by atoms with Gasteiger partial charge in [0, 0.05) is 24.4 Å². The van der Waals surface area contributed by atoms with Crippen LogP contribution in [-0.2, 0) is 11.2 Å². The van der Waals surface area contributed by atoms with E-state index in [1.807, 2.05) is 11.8 Å². The molecule has 0 aromatic heterocycles. The minimum Gasteiger partial charge on any atom is -0.497 e. The third-order valence-corrected chi connectivity index (χ3v) is 7.24. The molecule has 3 aliphatic rings. The highest BCUT2D eigenvalue weighted by atomic mass is 16.5. The van der Waals surface area contributed by atoms with Crippen LogP contribution in [0.2, 0.25) is 0 Å². The van der Waals surface area contributed by atoms with Gasteiger partial charge in [0.05, 0.1) is 12.7 Å². The van der Waals surface area contributed by atoms with E-state index in [2.05, 4.69) is 25.1 Å². The molecule has 1 heterocycles. The van der Waals surface area contributed by atoms with Crippen LogP contribution in [0.4, 0.5) is 0 Å². The summed E-state index contributed by atoms with van der Waals surface area (Å²) < 4.78 is 5.49. The van der Waals surface area contributed by atoms with Crippen LogP contribution in [0.1, 0.15) is 69.4 Å². The zero-order valence-corrected chi connectivity index (χ0v) is 17.0. The maximum Gasteiger partial charge on any atom is 0.225 e. The van der Waals surface area contributed by atoms with Crippen molar-refractivity contribution in [3.8, 4) is 5.75 Å². The Balaban J connectivity index is 1.32. The first-order chi connectivity index (χ1) is 12.8. The number of rotatable bonds is 4. The molecule has 2 saturated carbocycles. The average Bonchev–Trinajstić information content (AvgIpc) is 2.63. The molecule has 3 fully saturated rings. The van der Waals surface area contributed by atoms with Gasteiger partial charge in [0.2, 0.25) is 5.91 Å². The Morgan fingerprint density at radius 2 is 1.89 bits per heavy atom. The Bertz CT molecular complexity index is 680. The van der Waals surface area contributed by atoms with E-state index in [1.54, 1.807) is 7.11 Å². The first-order valence-electron chi connectivity index (χ1n) is 10.5. The van der Waals surface area contributed by atoms with Gasteiger partial charge in [-0.3, -0.25) is 4.79 Å². The van der Waals surface area contributed by atoms with Crippen LogP contribution in [0.3, 0.4) is 0 Å². The number of benzene rings is 1. The van der Waals surface area contributed by atoms with Crippen molar-refractivity contribution in [1.29, 1.82) is 0 Å². The maximum atomic E-state index is 12.5. The summed E-state index contributed by atoms with van der Waals surface area (Å²) in [4.78, 5) is 14.6. The molecule has 1 aromatic rings. The molecular formula is C23H33NO3. The van der Waals surface area contributed by atoms with Crippen molar-refractivity contribution in [3.63, 3.8) is 0 Å². The van der Waals surface area contributed by atoms with Crippen molar-refractivity contribution in [2.75, 3.05) is 20.2 Å². The van der Waals surface area contributed by atoms with Gasteiger partial charge in [0.25, 0.3) is 0 Å². The number of ether oxygens (including phenoxy) is 1. The fourth-order valence-corrected chi connectivity index (χ4v) is 5.48. The molecule has 2 aliphatic carbocycles. The average molecular weight is 372 g/mol. The summed E-state index contributed by atoms with van der Waals surface area (Å²) in [6.07, 6.45) is 7.13. The summed E-state index contributed by atoms with van der Waals surface area (Å²) in [5, 5.41) is 9.88. The molecule has 1 saturated heterocycles. The molecular weight excluding hydrogens is 338 g/mol. The number of amides is 1. The lowest BCUT2D eigenvalue weighted by Crippen LogP contribution is -2.62. The van der Waals surface area contributed by atoms with Crippen molar-refractivity contribution in [1.82, 2.24) is 4.90 Å². The van der Waals surface area contributed by atoms with Crippen LogP contribution in [0, 0.1) is 11.3 Å². The molecule has 148 valence electrons. The number of aliphatic hydroxyl groups is 1. The quantitative estimate of drug-likeness (QED) is 0.873. The van der Waals surface area contributed by atoms with Gasteiger partial charge in [-0.25, -0.2) is 0 Å². The molecule has 0 unspecified atom stereocenters. The maximum absolute atomic E-state index is 12.5. The van der Waals surface area contributed by atoms with Gasteiger partial charge >= 0.3 is 0 Å². The van der Waals surface area contributed by atoms with Crippen LogP contribution in [-0.4, -0.2) is 41.7 Å². The van der Waals surface area contributed by atoms with Gasteiger partial charge < -0.3 is 14.7 Å². The summed E-state index contributed by atoms with van der Waals surface area (Å²) in [5.41, 5.74) is 2.51. The van der Waals surface area contributed by atoms with Gasteiger partial charge in [0.15, 0.2) is 0 Å². The SMILES string of the molecule is CCc1cc(OC)cc(C2CCC3(CC2)CN(C(=O)[C@H]2C[C@@](C)(O)C2)C3)c1. The normalized spacial score (nSPS) is 29.9. The monoisotopic (exact) mass is 371 g/mol. The first-order valence-corrected chi connectivity index (χ1v) is 10.5. The summed E-state index contributed by atoms with van der Waals surface area (Å²) in [6, 6.07) is 6.70. The lowest BCUT2D eigenvalue weighted by Gasteiger charge is -2.55. The highest BCUT2D eigenvalue weighted by Gasteiger charge is 2.51. The van der Waals surface area contributed by atoms with E-state index in [-0.39, 0.29) is 11.8 Å². The fourth-order valence-electron chi connectivity index (χ4n) is 5.48. The minimum atomic E-state index is -0.616. The summed E-state index contributed by atoms with van der Waals surface area (Å²) >= 11 is 0. The van der Waals surface area contributed by atoms with Crippen molar-refractivity contribution in [2.45, 2.75) is 70.3 Å². The number of methoxy groups -OCH3 is 1. The number of hydrogen-bond donors (Lipinski definition) is 1. The molecule has 1 aliphatic heterocycles. The lowest BCUT2D eigenvalue weighted by atomic mass is 9.63. The summed E-state index contributed by atoms with van der Waals surface area (Å²) in [5.74, 6) is 1.91. The molecule has 1 N–H and O–H groups in total. The van der Waals surface area contributed by atoms with E-state index in [0.717, 1.165) is 25.3 Å². The molecule has 0 radical (unpaired) electrons. The van der Waals surface area contributed by atoms with E-state index >= 15 is 0 Å². The van der Waals surface area contributed by atoms with E-state index < -0.39 is 5.60 Å². The Hall–Kier alpha value is -1.55. The molecule has 1 spiro atoms. The van der Waals surface area contributed by atoms with Crippen molar-refractivity contribution in [3.05, 3.63) is 29.3 Å². The predicted octanol–water partition coefficient (Wildman–Crippen LogP) is 3.90. The van der Waals surface area contributed by atoms with Crippen LogP contribution in [0.5, 0.6) is 5.75 Å². The number of carbonyl (C=O) groups excluding carboxylic acids is 1. The predicted molar refractivity (Wildman–Crippen MR) is 106 cm³/mol. The molecule has 4 nitrogen and oxygen atoms in total. The van der Waals surface area contributed by atoms with Gasteiger partial charge in [-0.05, 0) is 81.0 Å². The van der Waals surface area contributed by atoms with Gasteiger partial charge in [-0.2, -0.15) is 0 Å². The second-order valence-electron chi connectivity index (χ2n) is 9.54. The van der Waals surface area contributed by atoms with Crippen LogP contribution in [0.25, 0.3) is 0 Å². The minimum absolute atomic E-state index is 0.0536. The van der Waals surface area contributed by atoms with E-state index in [9.17, 15) is 9.90 Å². The van der Waals surface area contributed by atoms with E-state index in [4.69, 9.17) is 4.74 Å². The molecule has 1 aromatic carbocycles. The molecule has 27 heavy (non-hydrogen) atoms. The second-order valence-corrected chi connectivity index (χ2v) is 9.54. The van der Waals surface area contributed by atoms with Gasteiger partial charge in [0.1, 0.15) is 5.75 Å². The van der Waals surface area contributed by atoms with Gasteiger partial charge in [-0.1, -0.05) is 13.0 Å². The topological polar surface area (TPSA) is 49.8 Å². The molecule has 4 heteroatoms. The number of nitrogens with zero attached hydrogens (tertiary/aromatic N) is 1. The smallest absolute Gasteiger partial charge is 0.225 e. The number of carbonyl (C=O) groups is 1. The number of hydrogen-bond acceptors (Lipinski definition) is 3. The highest BCUT2D eigenvalue weighted by Crippen LogP contribution is 2.50. The molecule has 0 bridgehead atoms. The standard InChI is InChI=1S/C23H33NO3/c1-4-16-9-18(11-20(10-16)27-3)17-5-7-23(8-6-17)14-24(15-23)21(25)19-12-22(2,26)13-19/h9-11,17,19,26H,4-8,12-15H2,1-3H3/t19-,22+. The number of aryl methyl sites for hydroxylation is 1. The van der Waals surface area contributed by atoms with Crippen molar-refractivity contribution in [2.24, 2.45) is 11.3 Å². The molecule has 0 atom stereocenters. The largest absolute Gasteiger partial charge is 0.497 e. The van der Waals surface area contributed by atoms with E-state index in [0.29, 0.717) is 24.2 Å². The number of likely N-dealkylation sites (tertiary alicyclic amines) is 1. The second kappa shape index (κ2) is 6.80. The Kier molecular flexibility index (Phi) is 4.74. The summed E-state index contributed by atoms with van der Waals surface area (Å²) in [7, 11) is 1.75. The van der Waals surface area contributed by atoms with Crippen molar-refractivity contribution < 1.29 is 14.6 Å². The van der Waals surface area contributed by atoms with Crippen LogP contribution in [0.15, 0.2) is 18.2 Å². The highest BCUT2D eigenvalue weighted by molar-refractivity contribution is 5.81. The molecule has 4 rings (SSSR count). The Morgan fingerprint density at radius 1 is 1.22 bits per heavy atom. The zero-order chi connectivity index (χ0) is 19.2.